The first-order valence-electron chi connectivity index (χ1n) is 10.1. The first-order valence-corrected chi connectivity index (χ1v) is 12.4. The third kappa shape index (κ3) is 5.30. The molecule has 1 heterocycles. The number of nitrogens with zero attached hydrogens (tertiary/aromatic N) is 1. The van der Waals surface area contributed by atoms with Crippen molar-refractivity contribution >= 4 is 31.6 Å². The number of hydrogen-bond acceptors (Lipinski definition) is 5. The van der Waals surface area contributed by atoms with Crippen molar-refractivity contribution in [2.24, 2.45) is 0 Å². The monoisotopic (exact) mass is 448 g/mol. The SMILES string of the molecule is CC(C)Oc1cccc(CCCNS(=O)(=O)c2ccc3c(c2)sc(=O)n3C(C)C)c1. The van der Waals surface area contributed by atoms with Gasteiger partial charge in [0.1, 0.15) is 5.75 Å². The summed E-state index contributed by atoms with van der Waals surface area (Å²) < 4.78 is 36.1. The van der Waals surface area contributed by atoms with Crippen molar-refractivity contribution in [3.63, 3.8) is 0 Å². The molecule has 0 saturated carbocycles. The fourth-order valence-electron chi connectivity index (χ4n) is 3.30. The summed E-state index contributed by atoms with van der Waals surface area (Å²) in [5.74, 6) is 0.823. The number of sulfonamides is 1. The van der Waals surface area contributed by atoms with E-state index in [4.69, 9.17) is 4.74 Å². The molecule has 0 amide bonds. The molecule has 0 bridgehead atoms. The number of benzene rings is 2. The van der Waals surface area contributed by atoms with Gasteiger partial charge in [-0.25, -0.2) is 13.1 Å². The predicted octanol–water partition coefficient (Wildman–Crippen LogP) is 4.34. The molecule has 0 aliphatic rings. The Morgan fingerprint density at radius 1 is 1.10 bits per heavy atom. The Kier molecular flexibility index (Phi) is 7.00. The van der Waals surface area contributed by atoms with Crippen molar-refractivity contribution in [3.05, 3.63) is 57.7 Å². The van der Waals surface area contributed by atoms with E-state index >= 15 is 0 Å². The molecule has 8 heteroatoms. The number of fused-ring (bicyclic) bond motifs is 1. The molecule has 0 fully saturated rings. The zero-order valence-corrected chi connectivity index (χ0v) is 19.3. The van der Waals surface area contributed by atoms with Gasteiger partial charge in [-0.1, -0.05) is 23.5 Å². The smallest absolute Gasteiger partial charge is 0.308 e. The molecule has 0 aliphatic heterocycles. The molecule has 0 spiro atoms. The van der Waals surface area contributed by atoms with Crippen LogP contribution in [0.5, 0.6) is 5.75 Å². The van der Waals surface area contributed by atoms with Gasteiger partial charge in [0.15, 0.2) is 0 Å². The van der Waals surface area contributed by atoms with Gasteiger partial charge < -0.3 is 4.74 Å². The molecule has 162 valence electrons. The highest BCUT2D eigenvalue weighted by atomic mass is 32.2. The Labute approximate surface area is 181 Å². The minimum Gasteiger partial charge on any atom is -0.491 e. The summed E-state index contributed by atoms with van der Waals surface area (Å²) in [6.07, 6.45) is 1.53. The summed E-state index contributed by atoms with van der Waals surface area (Å²) in [6, 6.07) is 12.7. The number of aromatic nitrogens is 1. The number of hydrogen-bond donors (Lipinski definition) is 1. The van der Waals surface area contributed by atoms with E-state index in [-0.39, 0.29) is 21.9 Å². The summed E-state index contributed by atoms with van der Waals surface area (Å²) in [7, 11) is -3.63. The second-order valence-corrected chi connectivity index (χ2v) is 10.5. The normalized spacial score (nSPS) is 12.2. The minimum atomic E-state index is -3.63. The molecular weight excluding hydrogens is 420 g/mol. The summed E-state index contributed by atoms with van der Waals surface area (Å²) in [5.41, 5.74) is 1.87. The molecule has 0 saturated heterocycles. The third-order valence-corrected chi connectivity index (χ3v) is 6.99. The zero-order valence-electron chi connectivity index (χ0n) is 17.7. The average molecular weight is 449 g/mol. The van der Waals surface area contributed by atoms with Gasteiger partial charge in [-0.05, 0) is 76.4 Å². The van der Waals surface area contributed by atoms with Crippen LogP contribution < -0.4 is 14.3 Å². The van der Waals surface area contributed by atoms with Gasteiger partial charge in [-0.2, -0.15) is 0 Å². The molecule has 6 nitrogen and oxygen atoms in total. The van der Waals surface area contributed by atoms with Crippen molar-refractivity contribution in [1.29, 1.82) is 0 Å². The van der Waals surface area contributed by atoms with E-state index in [1.54, 1.807) is 22.8 Å². The van der Waals surface area contributed by atoms with Crippen molar-refractivity contribution < 1.29 is 13.2 Å². The van der Waals surface area contributed by atoms with Crippen LogP contribution in [-0.2, 0) is 16.4 Å². The maximum Gasteiger partial charge on any atom is 0.308 e. The Morgan fingerprint density at radius 2 is 1.87 bits per heavy atom. The lowest BCUT2D eigenvalue weighted by Crippen LogP contribution is -2.25. The molecule has 1 N–H and O–H groups in total. The number of aryl methyl sites for hydroxylation is 1. The van der Waals surface area contributed by atoms with E-state index in [1.807, 2.05) is 52.0 Å². The molecule has 0 aliphatic carbocycles. The van der Waals surface area contributed by atoms with Gasteiger partial charge in [0.25, 0.3) is 0 Å². The van der Waals surface area contributed by atoms with Crippen LogP contribution in [0.3, 0.4) is 0 Å². The number of ether oxygens (including phenoxy) is 1. The van der Waals surface area contributed by atoms with Crippen LogP contribution in [0.25, 0.3) is 10.2 Å². The van der Waals surface area contributed by atoms with Gasteiger partial charge in [-0.15, -0.1) is 0 Å². The molecule has 0 radical (unpaired) electrons. The first-order chi connectivity index (χ1) is 14.2. The highest BCUT2D eigenvalue weighted by molar-refractivity contribution is 7.89. The van der Waals surface area contributed by atoms with E-state index in [9.17, 15) is 13.2 Å². The molecule has 0 unspecified atom stereocenters. The van der Waals surface area contributed by atoms with Gasteiger partial charge >= 0.3 is 4.87 Å². The first kappa shape index (κ1) is 22.5. The lowest BCUT2D eigenvalue weighted by Gasteiger charge is -2.11. The predicted molar refractivity (Wildman–Crippen MR) is 122 cm³/mol. The van der Waals surface area contributed by atoms with E-state index in [1.165, 1.54) is 0 Å². The maximum absolute atomic E-state index is 12.7. The Bertz CT molecular complexity index is 1180. The van der Waals surface area contributed by atoms with Crippen molar-refractivity contribution in [2.45, 2.75) is 57.6 Å². The second kappa shape index (κ2) is 9.32. The van der Waals surface area contributed by atoms with Crippen LogP contribution >= 0.6 is 11.3 Å². The van der Waals surface area contributed by atoms with Crippen LogP contribution in [0.2, 0.25) is 0 Å². The minimum absolute atomic E-state index is 0.0243. The van der Waals surface area contributed by atoms with Gasteiger partial charge in [0.05, 0.1) is 21.2 Å². The summed E-state index contributed by atoms with van der Waals surface area (Å²) in [6.45, 7) is 8.16. The Morgan fingerprint density at radius 3 is 2.57 bits per heavy atom. The van der Waals surface area contributed by atoms with Gasteiger partial charge in [0.2, 0.25) is 10.0 Å². The number of nitrogens with one attached hydrogen (secondary N) is 1. The third-order valence-electron chi connectivity index (χ3n) is 4.62. The summed E-state index contributed by atoms with van der Waals surface area (Å²) >= 11 is 1.07. The Hall–Kier alpha value is -2.16. The molecule has 3 aromatic rings. The standard InChI is InChI=1S/C22H28N2O4S2/c1-15(2)24-20-11-10-19(14-21(20)29-22(24)25)30(26,27)23-12-6-8-17-7-5-9-18(13-17)28-16(3)4/h5,7,9-11,13-16,23H,6,8,12H2,1-4H3. The highest BCUT2D eigenvalue weighted by Gasteiger charge is 2.17. The molecular formula is C22H28N2O4S2. The lowest BCUT2D eigenvalue weighted by molar-refractivity contribution is 0.242. The van der Waals surface area contributed by atoms with Crippen molar-refractivity contribution in [1.82, 2.24) is 9.29 Å². The van der Waals surface area contributed by atoms with Crippen LogP contribution in [0.15, 0.2) is 52.2 Å². The molecule has 1 aromatic heterocycles. The zero-order chi connectivity index (χ0) is 21.9. The van der Waals surface area contributed by atoms with Crippen LogP contribution in [0.1, 0.15) is 45.7 Å². The lowest BCUT2D eigenvalue weighted by atomic mass is 10.1. The van der Waals surface area contributed by atoms with Crippen molar-refractivity contribution in [2.75, 3.05) is 6.54 Å². The van der Waals surface area contributed by atoms with E-state index in [0.717, 1.165) is 34.6 Å². The van der Waals surface area contributed by atoms with Crippen LogP contribution in [-0.4, -0.2) is 25.6 Å². The molecule has 2 aromatic carbocycles. The van der Waals surface area contributed by atoms with E-state index in [2.05, 4.69) is 4.72 Å². The number of rotatable bonds is 9. The van der Waals surface area contributed by atoms with E-state index < -0.39 is 10.0 Å². The summed E-state index contributed by atoms with van der Waals surface area (Å²) in [5, 5.41) is 0. The Balaban J connectivity index is 1.64. The maximum atomic E-state index is 12.7. The number of thiazole rings is 1. The van der Waals surface area contributed by atoms with E-state index in [0.29, 0.717) is 17.7 Å². The van der Waals surface area contributed by atoms with Crippen LogP contribution in [0, 0.1) is 0 Å². The fraction of sp³-hybridized carbons (Fsp3) is 0.409. The molecule has 30 heavy (non-hydrogen) atoms. The topological polar surface area (TPSA) is 77.4 Å². The molecule has 3 rings (SSSR count). The van der Waals surface area contributed by atoms with Crippen LogP contribution in [0.4, 0.5) is 0 Å². The van der Waals surface area contributed by atoms with Gasteiger partial charge in [0, 0.05) is 12.6 Å². The average Bonchev–Trinajstić information content (AvgIpc) is 3.00. The summed E-state index contributed by atoms with van der Waals surface area (Å²) in [4.78, 5) is 12.3. The van der Waals surface area contributed by atoms with Gasteiger partial charge in [-0.3, -0.25) is 9.36 Å². The second-order valence-electron chi connectivity index (χ2n) is 7.78. The van der Waals surface area contributed by atoms with Crippen molar-refractivity contribution in [3.8, 4) is 5.75 Å². The highest BCUT2D eigenvalue weighted by Crippen LogP contribution is 2.24. The quantitative estimate of drug-likeness (QED) is 0.494. The fourth-order valence-corrected chi connectivity index (χ4v) is 5.53. The largest absolute Gasteiger partial charge is 0.491 e. The molecule has 0 atom stereocenters.